The van der Waals surface area contributed by atoms with Crippen molar-refractivity contribution < 1.29 is 14.6 Å². The molecule has 98 valence electrons. The van der Waals surface area contributed by atoms with Gasteiger partial charge in [-0.2, -0.15) is 0 Å². The van der Waals surface area contributed by atoms with E-state index in [1.807, 2.05) is 6.92 Å². The van der Waals surface area contributed by atoms with E-state index in [1.54, 1.807) is 0 Å². The van der Waals surface area contributed by atoms with E-state index in [0.717, 1.165) is 39.0 Å². The molecule has 0 aromatic heterocycles. The van der Waals surface area contributed by atoms with Gasteiger partial charge in [-0.1, -0.05) is 6.92 Å². The van der Waals surface area contributed by atoms with Crippen LogP contribution in [0.4, 0.5) is 0 Å². The lowest BCUT2D eigenvalue weighted by molar-refractivity contribution is -0.152. The molecule has 3 atom stereocenters. The lowest BCUT2D eigenvalue weighted by Crippen LogP contribution is -2.55. The second-order valence-corrected chi connectivity index (χ2v) is 5.35. The molecule has 0 aromatic carbocycles. The summed E-state index contributed by atoms with van der Waals surface area (Å²) in [5, 5.41) is 9.55. The number of carboxylic acids is 1. The molecule has 0 radical (unpaired) electrons. The maximum Gasteiger partial charge on any atom is 0.324 e. The molecule has 0 aromatic rings. The molecule has 4 nitrogen and oxygen atoms in total. The van der Waals surface area contributed by atoms with Gasteiger partial charge in [0.15, 0.2) is 0 Å². The van der Waals surface area contributed by atoms with Crippen LogP contribution in [0.1, 0.15) is 39.5 Å². The van der Waals surface area contributed by atoms with Crippen molar-refractivity contribution in [3.05, 3.63) is 0 Å². The third-order valence-corrected chi connectivity index (χ3v) is 4.66. The first-order valence-corrected chi connectivity index (χ1v) is 6.69. The molecule has 2 saturated heterocycles. The molecule has 0 aliphatic carbocycles. The monoisotopic (exact) mass is 241 g/mol. The van der Waals surface area contributed by atoms with Crippen LogP contribution in [-0.4, -0.2) is 47.3 Å². The highest BCUT2D eigenvalue weighted by Crippen LogP contribution is 2.37. The Hall–Kier alpha value is -0.610. The molecular weight excluding hydrogens is 218 g/mol. The minimum Gasteiger partial charge on any atom is -0.480 e. The Balaban J connectivity index is 2.15. The van der Waals surface area contributed by atoms with E-state index in [-0.39, 0.29) is 0 Å². The molecule has 17 heavy (non-hydrogen) atoms. The van der Waals surface area contributed by atoms with Crippen LogP contribution in [0, 0.1) is 5.92 Å². The van der Waals surface area contributed by atoms with Crippen molar-refractivity contribution in [1.82, 2.24) is 4.90 Å². The lowest BCUT2D eigenvalue weighted by atomic mass is 9.89. The summed E-state index contributed by atoms with van der Waals surface area (Å²) in [5.74, 6) is -0.151. The maximum atomic E-state index is 11.6. The SMILES string of the molecule is CCC1(C(=O)O)CCCN1C(C)C1CCOC1. The molecule has 3 unspecified atom stereocenters. The maximum absolute atomic E-state index is 11.6. The molecule has 0 saturated carbocycles. The zero-order valence-electron chi connectivity index (χ0n) is 10.8. The molecule has 2 heterocycles. The molecule has 0 bridgehead atoms. The van der Waals surface area contributed by atoms with Crippen LogP contribution in [-0.2, 0) is 9.53 Å². The third kappa shape index (κ3) is 2.08. The van der Waals surface area contributed by atoms with Crippen LogP contribution in [0.25, 0.3) is 0 Å². The first-order chi connectivity index (χ1) is 8.12. The fourth-order valence-corrected chi connectivity index (χ4v) is 3.44. The molecule has 2 rings (SSSR count). The minimum atomic E-state index is -0.650. The van der Waals surface area contributed by atoms with Gasteiger partial charge in [0, 0.05) is 12.6 Å². The number of ether oxygens (including phenoxy) is 1. The zero-order chi connectivity index (χ0) is 12.5. The number of carboxylic acid groups (broad SMARTS) is 1. The highest BCUT2D eigenvalue weighted by molar-refractivity contribution is 5.79. The molecule has 0 spiro atoms. The van der Waals surface area contributed by atoms with Gasteiger partial charge in [-0.25, -0.2) is 0 Å². The van der Waals surface area contributed by atoms with Gasteiger partial charge in [0.2, 0.25) is 0 Å². The Morgan fingerprint density at radius 2 is 2.41 bits per heavy atom. The van der Waals surface area contributed by atoms with E-state index in [1.165, 1.54) is 0 Å². The quantitative estimate of drug-likeness (QED) is 0.814. The normalized spacial score (nSPS) is 36.2. The molecule has 0 amide bonds. The van der Waals surface area contributed by atoms with E-state index >= 15 is 0 Å². The van der Waals surface area contributed by atoms with Crippen molar-refractivity contribution in [1.29, 1.82) is 0 Å². The number of likely N-dealkylation sites (tertiary alicyclic amines) is 1. The van der Waals surface area contributed by atoms with Gasteiger partial charge >= 0.3 is 5.97 Å². The Bertz CT molecular complexity index is 288. The van der Waals surface area contributed by atoms with Gasteiger partial charge in [0.25, 0.3) is 0 Å². The average molecular weight is 241 g/mol. The van der Waals surface area contributed by atoms with E-state index in [0.29, 0.717) is 18.4 Å². The predicted octanol–water partition coefficient (Wildman–Crippen LogP) is 1.74. The first-order valence-electron chi connectivity index (χ1n) is 6.69. The lowest BCUT2D eigenvalue weighted by Gasteiger charge is -2.40. The fraction of sp³-hybridized carbons (Fsp3) is 0.923. The summed E-state index contributed by atoms with van der Waals surface area (Å²) in [6.07, 6.45) is 3.55. The minimum absolute atomic E-state index is 0.316. The largest absolute Gasteiger partial charge is 0.480 e. The molecule has 2 fully saturated rings. The van der Waals surface area contributed by atoms with Gasteiger partial charge in [-0.15, -0.1) is 0 Å². The van der Waals surface area contributed by atoms with E-state index in [9.17, 15) is 9.90 Å². The summed E-state index contributed by atoms with van der Waals surface area (Å²) in [6.45, 7) is 6.69. The summed E-state index contributed by atoms with van der Waals surface area (Å²) in [4.78, 5) is 13.8. The van der Waals surface area contributed by atoms with E-state index in [2.05, 4.69) is 11.8 Å². The Kier molecular flexibility index (Phi) is 3.73. The van der Waals surface area contributed by atoms with Crippen LogP contribution in [0.5, 0.6) is 0 Å². The van der Waals surface area contributed by atoms with Gasteiger partial charge in [-0.05, 0) is 45.1 Å². The summed E-state index contributed by atoms with van der Waals surface area (Å²) >= 11 is 0. The van der Waals surface area contributed by atoms with Crippen molar-refractivity contribution in [3.8, 4) is 0 Å². The Morgan fingerprint density at radius 3 is 2.94 bits per heavy atom. The molecule has 2 aliphatic rings. The van der Waals surface area contributed by atoms with Crippen molar-refractivity contribution in [2.45, 2.75) is 51.1 Å². The first kappa shape index (κ1) is 12.8. The van der Waals surface area contributed by atoms with Crippen molar-refractivity contribution in [2.75, 3.05) is 19.8 Å². The molecule has 1 N–H and O–H groups in total. The van der Waals surface area contributed by atoms with Crippen LogP contribution in [0.15, 0.2) is 0 Å². The average Bonchev–Trinajstić information content (AvgIpc) is 2.97. The van der Waals surface area contributed by atoms with Crippen LogP contribution in [0.2, 0.25) is 0 Å². The van der Waals surface area contributed by atoms with Crippen molar-refractivity contribution >= 4 is 5.97 Å². The Morgan fingerprint density at radius 1 is 1.65 bits per heavy atom. The van der Waals surface area contributed by atoms with Gasteiger partial charge in [0.05, 0.1) is 6.61 Å². The second kappa shape index (κ2) is 4.94. The number of aliphatic carboxylic acids is 1. The second-order valence-electron chi connectivity index (χ2n) is 5.35. The smallest absolute Gasteiger partial charge is 0.324 e. The van der Waals surface area contributed by atoms with E-state index in [4.69, 9.17) is 4.74 Å². The predicted molar refractivity (Wildman–Crippen MR) is 65.0 cm³/mol. The van der Waals surface area contributed by atoms with Crippen LogP contribution in [0.3, 0.4) is 0 Å². The number of nitrogens with zero attached hydrogens (tertiary/aromatic N) is 1. The summed E-state index contributed by atoms with van der Waals surface area (Å²) in [6, 6.07) is 0.316. The van der Waals surface area contributed by atoms with Crippen LogP contribution < -0.4 is 0 Å². The van der Waals surface area contributed by atoms with Crippen molar-refractivity contribution in [2.24, 2.45) is 5.92 Å². The van der Waals surface area contributed by atoms with Gasteiger partial charge in [-0.3, -0.25) is 9.69 Å². The van der Waals surface area contributed by atoms with Crippen molar-refractivity contribution in [3.63, 3.8) is 0 Å². The van der Waals surface area contributed by atoms with Gasteiger partial charge in [0.1, 0.15) is 5.54 Å². The number of rotatable bonds is 4. The standard InChI is InChI=1S/C13H23NO3/c1-3-13(12(15)16)6-4-7-14(13)10(2)11-5-8-17-9-11/h10-11H,3-9H2,1-2H3,(H,15,16). The molecular formula is C13H23NO3. The Labute approximate surface area is 103 Å². The molecule has 2 aliphatic heterocycles. The summed E-state index contributed by atoms with van der Waals surface area (Å²) in [5.41, 5.74) is -0.623. The zero-order valence-corrected chi connectivity index (χ0v) is 10.8. The van der Waals surface area contributed by atoms with Crippen LogP contribution >= 0.6 is 0 Å². The third-order valence-electron chi connectivity index (χ3n) is 4.66. The fourth-order valence-electron chi connectivity index (χ4n) is 3.44. The van der Waals surface area contributed by atoms with E-state index < -0.39 is 11.5 Å². The highest BCUT2D eigenvalue weighted by Gasteiger charge is 2.49. The summed E-state index contributed by atoms with van der Waals surface area (Å²) in [7, 11) is 0. The number of carbonyl (C=O) groups is 1. The number of hydrogen-bond donors (Lipinski definition) is 1. The number of hydrogen-bond acceptors (Lipinski definition) is 3. The molecule has 4 heteroatoms. The highest BCUT2D eigenvalue weighted by atomic mass is 16.5. The topological polar surface area (TPSA) is 49.8 Å². The summed E-state index contributed by atoms with van der Waals surface area (Å²) < 4.78 is 5.43. The van der Waals surface area contributed by atoms with Gasteiger partial charge < -0.3 is 9.84 Å².